The molecule has 0 fully saturated rings. The van der Waals surface area contributed by atoms with Crippen molar-refractivity contribution in [2.75, 3.05) is 13.2 Å². The monoisotopic (exact) mass is 218 g/mol. The van der Waals surface area contributed by atoms with E-state index in [0.717, 1.165) is 19.3 Å². The molecule has 0 aromatic rings. The van der Waals surface area contributed by atoms with Gasteiger partial charge >= 0.3 is 0 Å². The van der Waals surface area contributed by atoms with Crippen molar-refractivity contribution in [3.05, 3.63) is 10.1 Å². The highest BCUT2D eigenvalue weighted by atomic mass is 16.9. The van der Waals surface area contributed by atoms with Gasteiger partial charge in [-0.25, -0.2) is 0 Å². The molecule has 0 aliphatic rings. The van der Waals surface area contributed by atoms with Gasteiger partial charge in [0.15, 0.2) is 0 Å². The van der Waals surface area contributed by atoms with E-state index in [4.69, 9.17) is 0 Å². The molecule has 0 saturated heterocycles. The molecule has 0 rings (SSSR count). The first-order valence-corrected chi connectivity index (χ1v) is 5.20. The van der Waals surface area contributed by atoms with Gasteiger partial charge in [0.1, 0.15) is 0 Å². The molecule has 1 amide bonds. The van der Waals surface area contributed by atoms with Gasteiger partial charge in [-0.2, -0.15) is 0 Å². The van der Waals surface area contributed by atoms with Crippen molar-refractivity contribution in [2.24, 2.45) is 0 Å². The van der Waals surface area contributed by atoms with E-state index in [-0.39, 0.29) is 12.5 Å². The molecule has 1 N–H and O–H groups in total. The molecule has 6 nitrogen and oxygen atoms in total. The van der Waals surface area contributed by atoms with Crippen LogP contribution in [0.5, 0.6) is 0 Å². The molecule has 6 heteroatoms. The van der Waals surface area contributed by atoms with Gasteiger partial charge in [0.2, 0.25) is 5.91 Å². The van der Waals surface area contributed by atoms with Crippen molar-refractivity contribution in [1.82, 2.24) is 5.32 Å². The van der Waals surface area contributed by atoms with Gasteiger partial charge in [0.05, 0.1) is 6.61 Å². The SMILES string of the molecule is CCCNC(=O)CCCCCO[N+](=O)[O-]. The summed E-state index contributed by atoms with van der Waals surface area (Å²) in [6.07, 6.45) is 3.55. The standard InChI is InChI=1S/C9H18N2O4/c1-2-7-10-9(12)6-4-3-5-8-15-11(13)14/h2-8H2,1H3,(H,10,12). The number of unbranched alkanes of at least 4 members (excludes halogenated alkanes) is 2. The van der Waals surface area contributed by atoms with E-state index in [0.29, 0.717) is 19.4 Å². The summed E-state index contributed by atoms with van der Waals surface area (Å²) in [6, 6.07) is 0. The highest BCUT2D eigenvalue weighted by molar-refractivity contribution is 5.75. The number of rotatable bonds is 9. The molecule has 0 atom stereocenters. The van der Waals surface area contributed by atoms with Crippen molar-refractivity contribution in [3.8, 4) is 0 Å². The Kier molecular flexibility index (Phi) is 8.42. The van der Waals surface area contributed by atoms with E-state index in [1.165, 1.54) is 0 Å². The minimum atomic E-state index is -0.798. The van der Waals surface area contributed by atoms with Crippen LogP contribution in [0.3, 0.4) is 0 Å². The van der Waals surface area contributed by atoms with Crippen LogP contribution in [-0.2, 0) is 9.63 Å². The summed E-state index contributed by atoms with van der Waals surface area (Å²) >= 11 is 0. The number of amides is 1. The fourth-order valence-electron chi connectivity index (χ4n) is 1.06. The van der Waals surface area contributed by atoms with E-state index in [1.54, 1.807) is 0 Å². The second kappa shape index (κ2) is 9.23. The Morgan fingerprint density at radius 2 is 2.13 bits per heavy atom. The number of hydrogen-bond acceptors (Lipinski definition) is 4. The highest BCUT2D eigenvalue weighted by Gasteiger charge is 2.00. The maximum atomic E-state index is 11.1. The van der Waals surface area contributed by atoms with Gasteiger partial charge in [-0.15, -0.1) is 10.1 Å². The van der Waals surface area contributed by atoms with Gasteiger partial charge in [0, 0.05) is 13.0 Å². The molecule has 0 aliphatic heterocycles. The van der Waals surface area contributed by atoms with Crippen LogP contribution in [0.2, 0.25) is 0 Å². The van der Waals surface area contributed by atoms with Crippen LogP contribution in [0.25, 0.3) is 0 Å². The molecule has 15 heavy (non-hydrogen) atoms. The number of hydrogen-bond donors (Lipinski definition) is 1. The zero-order valence-electron chi connectivity index (χ0n) is 9.03. The number of carbonyl (C=O) groups is 1. The highest BCUT2D eigenvalue weighted by Crippen LogP contribution is 2.00. The van der Waals surface area contributed by atoms with Gasteiger partial charge < -0.3 is 10.2 Å². The van der Waals surface area contributed by atoms with E-state index >= 15 is 0 Å². The van der Waals surface area contributed by atoms with Crippen LogP contribution in [0.15, 0.2) is 0 Å². The zero-order chi connectivity index (χ0) is 11.5. The predicted octanol–water partition coefficient (Wildman–Crippen LogP) is 1.28. The summed E-state index contributed by atoms with van der Waals surface area (Å²) < 4.78 is 0. The lowest BCUT2D eigenvalue weighted by atomic mass is 10.2. The second-order valence-electron chi connectivity index (χ2n) is 3.22. The maximum Gasteiger partial charge on any atom is 0.294 e. The Morgan fingerprint density at radius 3 is 2.73 bits per heavy atom. The van der Waals surface area contributed by atoms with Crippen LogP contribution >= 0.6 is 0 Å². The Morgan fingerprint density at radius 1 is 1.40 bits per heavy atom. The smallest absolute Gasteiger partial charge is 0.294 e. The van der Waals surface area contributed by atoms with Gasteiger partial charge in [-0.3, -0.25) is 4.79 Å². The number of nitrogens with zero attached hydrogens (tertiary/aromatic N) is 1. The van der Waals surface area contributed by atoms with Crippen molar-refractivity contribution >= 4 is 5.91 Å². The third-order valence-corrected chi connectivity index (χ3v) is 1.82. The fraction of sp³-hybridized carbons (Fsp3) is 0.889. The van der Waals surface area contributed by atoms with E-state index in [2.05, 4.69) is 10.2 Å². The normalized spacial score (nSPS) is 9.67. The van der Waals surface area contributed by atoms with E-state index < -0.39 is 5.09 Å². The van der Waals surface area contributed by atoms with E-state index in [1.807, 2.05) is 6.92 Å². The summed E-state index contributed by atoms with van der Waals surface area (Å²) in [7, 11) is 0. The van der Waals surface area contributed by atoms with Gasteiger partial charge in [-0.05, 0) is 19.3 Å². The lowest BCUT2D eigenvalue weighted by Gasteiger charge is -2.02. The van der Waals surface area contributed by atoms with Crippen LogP contribution in [0, 0.1) is 10.1 Å². The summed E-state index contributed by atoms with van der Waals surface area (Å²) in [5, 5.41) is 11.7. The molecule has 0 spiro atoms. The van der Waals surface area contributed by atoms with Crippen LogP contribution < -0.4 is 5.32 Å². The molecular weight excluding hydrogens is 200 g/mol. The first-order chi connectivity index (χ1) is 7.16. The molecule has 0 unspecified atom stereocenters. The third kappa shape index (κ3) is 10.6. The summed E-state index contributed by atoms with van der Waals surface area (Å²) in [5.41, 5.74) is 0. The Balaban J connectivity index is 3.16. The number of carbonyl (C=O) groups excluding carboxylic acids is 1. The Labute approximate surface area is 89.1 Å². The first-order valence-electron chi connectivity index (χ1n) is 5.20. The molecule has 0 aliphatic carbocycles. The topological polar surface area (TPSA) is 81.5 Å². The average Bonchev–Trinajstić information content (AvgIpc) is 2.19. The molecular formula is C9H18N2O4. The minimum Gasteiger partial charge on any atom is -0.356 e. The zero-order valence-corrected chi connectivity index (χ0v) is 9.03. The van der Waals surface area contributed by atoms with Crippen LogP contribution in [0.1, 0.15) is 39.0 Å². The average molecular weight is 218 g/mol. The van der Waals surface area contributed by atoms with Gasteiger partial charge in [-0.1, -0.05) is 13.3 Å². The summed E-state index contributed by atoms with van der Waals surface area (Å²) in [6.45, 7) is 2.82. The largest absolute Gasteiger partial charge is 0.356 e. The minimum absolute atomic E-state index is 0.0482. The van der Waals surface area contributed by atoms with Gasteiger partial charge in [0.25, 0.3) is 5.09 Å². The summed E-state index contributed by atoms with van der Waals surface area (Å²) in [4.78, 5) is 25.0. The summed E-state index contributed by atoms with van der Waals surface area (Å²) in [5.74, 6) is 0.0482. The molecule has 0 heterocycles. The third-order valence-electron chi connectivity index (χ3n) is 1.82. The van der Waals surface area contributed by atoms with E-state index in [9.17, 15) is 14.9 Å². The quantitative estimate of drug-likeness (QED) is 0.359. The lowest BCUT2D eigenvalue weighted by molar-refractivity contribution is -0.757. The fourth-order valence-corrected chi connectivity index (χ4v) is 1.06. The van der Waals surface area contributed by atoms with Crippen LogP contribution in [-0.4, -0.2) is 24.1 Å². The first kappa shape index (κ1) is 13.7. The molecule has 88 valence electrons. The second-order valence-corrected chi connectivity index (χ2v) is 3.22. The van der Waals surface area contributed by atoms with Crippen molar-refractivity contribution in [1.29, 1.82) is 0 Å². The maximum absolute atomic E-state index is 11.1. The van der Waals surface area contributed by atoms with Crippen molar-refractivity contribution < 1.29 is 14.7 Å². The molecule has 0 aromatic heterocycles. The van der Waals surface area contributed by atoms with Crippen molar-refractivity contribution in [2.45, 2.75) is 39.0 Å². The Bertz CT molecular complexity index is 197. The number of nitrogens with one attached hydrogen (secondary N) is 1. The predicted molar refractivity (Wildman–Crippen MR) is 54.7 cm³/mol. The molecule has 0 radical (unpaired) electrons. The molecule has 0 saturated carbocycles. The lowest BCUT2D eigenvalue weighted by Crippen LogP contribution is -2.23. The Hall–Kier alpha value is -1.33. The van der Waals surface area contributed by atoms with Crippen LogP contribution in [0.4, 0.5) is 0 Å². The molecule has 0 bridgehead atoms. The van der Waals surface area contributed by atoms with Crippen molar-refractivity contribution in [3.63, 3.8) is 0 Å². The molecule has 0 aromatic carbocycles.